The van der Waals surface area contributed by atoms with E-state index < -0.39 is 0 Å². The Bertz CT molecular complexity index is 431. The average molecular weight is 265 g/mol. The van der Waals surface area contributed by atoms with Gasteiger partial charge in [-0.25, -0.2) is 0 Å². The zero-order valence-electron chi connectivity index (χ0n) is 12.1. The van der Waals surface area contributed by atoms with Gasteiger partial charge < -0.3 is 10.2 Å². The first kappa shape index (κ1) is 15.4. The monoisotopic (exact) mass is 265 g/mol. The van der Waals surface area contributed by atoms with Gasteiger partial charge in [-0.3, -0.25) is 10.1 Å². The van der Waals surface area contributed by atoms with Gasteiger partial charge >= 0.3 is 0 Å². The number of likely N-dealkylation sites (N-methyl/N-ethyl adjacent to an activating group) is 1. The van der Waals surface area contributed by atoms with E-state index in [1.807, 2.05) is 6.07 Å². The second kappa shape index (κ2) is 7.09. The highest BCUT2D eigenvalue weighted by Crippen LogP contribution is 2.22. The summed E-state index contributed by atoms with van der Waals surface area (Å²) in [6.07, 6.45) is 0. The summed E-state index contributed by atoms with van der Waals surface area (Å²) in [6.45, 7) is 11.2. The molecule has 0 aromatic heterocycles. The minimum absolute atomic E-state index is 0.168. The van der Waals surface area contributed by atoms with Crippen molar-refractivity contribution < 1.29 is 4.92 Å². The first-order valence-corrected chi connectivity index (χ1v) is 6.71. The maximum Gasteiger partial charge on any atom is 0.272 e. The van der Waals surface area contributed by atoms with Crippen LogP contribution in [0.25, 0.3) is 0 Å². The maximum absolute atomic E-state index is 10.8. The molecule has 5 nitrogen and oxygen atoms in total. The standard InChI is InChI=1S/C14H23N3O2/c1-5-16(6-2)10-12(4)15-13-7-8-14(17(18)19)11(3)9-13/h7-9,12,15H,5-6,10H2,1-4H3. The molecule has 5 heteroatoms. The third kappa shape index (κ3) is 4.52. The highest BCUT2D eigenvalue weighted by atomic mass is 16.6. The maximum atomic E-state index is 10.8. The summed E-state index contributed by atoms with van der Waals surface area (Å²) in [5.74, 6) is 0. The van der Waals surface area contributed by atoms with Crippen LogP contribution in [0.15, 0.2) is 18.2 Å². The zero-order chi connectivity index (χ0) is 14.4. The highest BCUT2D eigenvalue weighted by Gasteiger charge is 2.12. The number of nitro groups is 1. The van der Waals surface area contributed by atoms with Crippen LogP contribution in [-0.2, 0) is 0 Å². The van der Waals surface area contributed by atoms with Crippen LogP contribution in [0.3, 0.4) is 0 Å². The Morgan fingerprint density at radius 2 is 2.00 bits per heavy atom. The molecule has 1 rings (SSSR count). The van der Waals surface area contributed by atoms with Gasteiger partial charge in [0.15, 0.2) is 0 Å². The summed E-state index contributed by atoms with van der Waals surface area (Å²) in [7, 11) is 0. The predicted molar refractivity (Wildman–Crippen MR) is 78.7 cm³/mol. The summed E-state index contributed by atoms with van der Waals surface area (Å²) in [5.41, 5.74) is 1.79. The van der Waals surface area contributed by atoms with Gasteiger partial charge in [0.05, 0.1) is 4.92 Å². The van der Waals surface area contributed by atoms with Crippen molar-refractivity contribution in [3.63, 3.8) is 0 Å². The normalized spacial score (nSPS) is 12.5. The first-order chi connectivity index (χ1) is 8.97. The van der Waals surface area contributed by atoms with Gasteiger partial charge in [0.2, 0.25) is 0 Å². The fourth-order valence-corrected chi connectivity index (χ4v) is 2.15. The number of hydrogen-bond donors (Lipinski definition) is 1. The molecule has 1 aromatic carbocycles. The molecule has 0 fully saturated rings. The Labute approximate surface area is 114 Å². The van der Waals surface area contributed by atoms with Crippen molar-refractivity contribution in [2.45, 2.75) is 33.7 Å². The minimum atomic E-state index is -0.349. The number of aryl methyl sites for hydroxylation is 1. The molecule has 0 aliphatic rings. The summed E-state index contributed by atoms with van der Waals surface area (Å²) in [5, 5.41) is 14.1. The quantitative estimate of drug-likeness (QED) is 0.608. The molecule has 1 N–H and O–H groups in total. The summed E-state index contributed by atoms with van der Waals surface area (Å²) in [4.78, 5) is 12.8. The van der Waals surface area contributed by atoms with Gasteiger partial charge in [-0.05, 0) is 39.1 Å². The Morgan fingerprint density at radius 1 is 1.37 bits per heavy atom. The summed E-state index contributed by atoms with van der Waals surface area (Å²) in [6, 6.07) is 5.46. The van der Waals surface area contributed by atoms with E-state index in [-0.39, 0.29) is 10.6 Å². The average Bonchev–Trinajstić information content (AvgIpc) is 2.35. The van der Waals surface area contributed by atoms with Crippen molar-refractivity contribution in [2.24, 2.45) is 0 Å². The van der Waals surface area contributed by atoms with Gasteiger partial charge in [0.1, 0.15) is 0 Å². The number of benzene rings is 1. The van der Waals surface area contributed by atoms with Gasteiger partial charge in [0.25, 0.3) is 5.69 Å². The van der Waals surface area contributed by atoms with Gasteiger partial charge in [-0.2, -0.15) is 0 Å². The summed E-state index contributed by atoms with van der Waals surface area (Å²) < 4.78 is 0. The van der Waals surface area contributed by atoms with Crippen LogP contribution in [0.5, 0.6) is 0 Å². The Morgan fingerprint density at radius 3 is 2.47 bits per heavy atom. The third-order valence-corrected chi connectivity index (χ3v) is 3.23. The fourth-order valence-electron chi connectivity index (χ4n) is 2.15. The van der Waals surface area contributed by atoms with E-state index in [9.17, 15) is 10.1 Å². The lowest BCUT2D eigenvalue weighted by Crippen LogP contribution is -2.34. The molecule has 19 heavy (non-hydrogen) atoms. The fraction of sp³-hybridized carbons (Fsp3) is 0.571. The van der Waals surface area contributed by atoms with Crippen LogP contribution < -0.4 is 5.32 Å². The molecule has 106 valence electrons. The third-order valence-electron chi connectivity index (χ3n) is 3.23. The first-order valence-electron chi connectivity index (χ1n) is 6.71. The molecular formula is C14H23N3O2. The second-order valence-corrected chi connectivity index (χ2v) is 4.79. The van der Waals surface area contributed by atoms with Crippen molar-refractivity contribution in [3.8, 4) is 0 Å². The molecule has 0 bridgehead atoms. The number of nitrogens with zero attached hydrogens (tertiary/aromatic N) is 2. The van der Waals surface area contributed by atoms with Crippen LogP contribution in [0.2, 0.25) is 0 Å². The number of rotatable bonds is 7. The highest BCUT2D eigenvalue weighted by molar-refractivity contribution is 5.53. The van der Waals surface area contributed by atoms with E-state index in [2.05, 4.69) is 31.0 Å². The molecule has 0 aliphatic carbocycles. The SMILES string of the molecule is CCN(CC)CC(C)Nc1ccc([N+](=O)[O-])c(C)c1. The zero-order valence-corrected chi connectivity index (χ0v) is 12.1. The molecular weight excluding hydrogens is 242 g/mol. The Kier molecular flexibility index (Phi) is 5.76. The van der Waals surface area contributed by atoms with Crippen molar-refractivity contribution in [1.29, 1.82) is 0 Å². The van der Waals surface area contributed by atoms with E-state index in [0.29, 0.717) is 11.6 Å². The van der Waals surface area contributed by atoms with Crippen molar-refractivity contribution >= 4 is 11.4 Å². The smallest absolute Gasteiger partial charge is 0.272 e. The van der Waals surface area contributed by atoms with E-state index in [4.69, 9.17) is 0 Å². The van der Waals surface area contributed by atoms with Crippen molar-refractivity contribution in [3.05, 3.63) is 33.9 Å². The predicted octanol–water partition coefficient (Wildman–Crippen LogP) is 3.05. The van der Waals surface area contributed by atoms with Crippen LogP contribution in [0.4, 0.5) is 11.4 Å². The summed E-state index contributed by atoms with van der Waals surface area (Å²) >= 11 is 0. The number of anilines is 1. The number of nitro benzene ring substituents is 1. The largest absolute Gasteiger partial charge is 0.381 e. The van der Waals surface area contributed by atoms with E-state index in [1.165, 1.54) is 0 Å². The molecule has 0 amide bonds. The van der Waals surface area contributed by atoms with E-state index in [0.717, 1.165) is 25.3 Å². The molecule has 1 unspecified atom stereocenters. The van der Waals surface area contributed by atoms with Crippen molar-refractivity contribution in [2.75, 3.05) is 25.0 Å². The molecule has 0 saturated carbocycles. The van der Waals surface area contributed by atoms with Crippen LogP contribution in [-0.4, -0.2) is 35.5 Å². The second-order valence-electron chi connectivity index (χ2n) is 4.79. The van der Waals surface area contributed by atoms with E-state index >= 15 is 0 Å². The Balaban J connectivity index is 2.67. The molecule has 0 spiro atoms. The van der Waals surface area contributed by atoms with Gasteiger partial charge in [-0.15, -0.1) is 0 Å². The molecule has 0 saturated heterocycles. The van der Waals surface area contributed by atoms with Crippen LogP contribution >= 0.6 is 0 Å². The molecule has 1 aromatic rings. The molecule has 0 heterocycles. The van der Waals surface area contributed by atoms with E-state index in [1.54, 1.807) is 19.1 Å². The van der Waals surface area contributed by atoms with Gasteiger partial charge in [-0.1, -0.05) is 13.8 Å². The Hall–Kier alpha value is -1.62. The number of hydrogen-bond acceptors (Lipinski definition) is 4. The molecule has 1 atom stereocenters. The van der Waals surface area contributed by atoms with Crippen molar-refractivity contribution in [1.82, 2.24) is 4.90 Å². The molecule has 0 radical (unpaired) electrons. The topological polar surface area (TPSA) is 58.4 Å². The van der Waals surface area contributed by atoms with Crippen LogP contribution in [0, 0.1) is 17.0 Å². The lowest BCUT2D eigenvalue weighted by molar-refractivity contribution is -0.385. The van der Waals surface area contributed by atoms with Gasteiger partial charge in [0, 0.05) is 29.9 Å². The lowest BCUT2D eigenvalue weighted by Gasteiger charge is -2.24. The van der Waals surface area contributed by atoms with Crippen LogP contribution in [0.1, 0.15) is 26.3 Å². The lowest BCUT2D eigenvalue weighted by atomic mass is 10.1. The molecule has 0 aliphatic heterocycles. The number of nitrogens with one attached hydrogen (secondary N) is 1. The minimum Gasteiger partial charge on any atom is -0.381 e.